The van der Waals surface area contributed by atoms with Crippen LogP contribution in [-0.4, -0.2) is 56.6 Å². The summed E-state index contributed by atoms with van der Waals surface area (Å²) in [5, 5.41) is 11.8. The van der Waals surface area contributed by atoms with E-state index in [1.807, 2.05) is 0 Å². The van der Waals surface area contributed by atoms with Crippen LogP contribution in [0, 0.1) is 0 Å². The summed E-state index contributed by atoms with van der Waals surface area (Å²) in [6.07, 6.45) is 0. The molecule has 0 radical (unpaired) electrons. The maximum absolute atomic E-state index is 12.6. The number of rotatable bonds is 9. The van der Waals surface area contributed by atoms with Crippen LogP contribution in [-0.2, 0) is 14.8 Å². The molecule has 0 unspecified atom stereocenters. The Balaban J connectivity index is 3.32. The quantitative estimate of drug-likeness (QED) is 0.656. The number of hydrogen-bond donors (Lipinski definition) is 2. The minimum Gasteiger partial charge on any atom is -0.462 e. The van der Waals surface area contributed by atoms with Crippen molar-refractivity contribution in [1.29, 1.82) is 0 Å². The molecule has 130 valence electrons. The third-order valence-corrected chi connectivity index (χ3v) is 5.30. The Morgan fingerprint density at radius 1 is 1.26 bits per heavy atom. The monoisotopic (exact) mass is 344 g/mol. The molecule has 1 rings (SSSR count). The van der Waals surface area contributed by atoms with Gasteiger partial charge in [-0.05, 0) is 25.1 Å². The van der Waals surface area contributed by atoms with Gasteiger partial charge in [0.05, 0.1) is 23.7 Å². The Bertz CT molecular complexity index is 627. The molecule has 2 N–H and O–H groups in total. The van der Waals surface area contributed by atoms with Crippen molar-refractivity contribution in [2.24, 2.45) is 0 Å². The third-order valence-electron chi connectivity index (χ3n) is 3.26. The van der Waals surface area contributed by atoms with Gasteiger partial charge in [0, 0.05) is 25.3 Å². The highest BCUT2D eigenvalue weighted by molar-refractivity contribution is 7.89. The second-order valence-corrected chi connectivity index (χ2v) is 6.61. The summed E-state index contributed by atoms with van der Waals surface area (Å²) >= 11 is 0. The van der Waals surface area contributed by atoms with E-state index in [2.05, 4.69) is 5.32 Å². The van der Waals surface area contributed by atoms with Gasteiger partial charge in [-0.1, -0.05) is 13.8 Å². The van der Waals surface area contributed by atoms with E-state index in [-0.39, 0.29) is 30.2 Å². The first-order valence-electron chi connectivity index (χ1n) is 7.58. The summed E-state index contributed by atoms with van der Waals surface area (Å²) in [7, 11) is -3.66. The minimum atomic E-state index is -3.66. The number of ether oxygens (including phenoxy) is 1. The van der Waals surface area contributed by atoms with Gasteiger partial charge in [0.2, 0.25) is 10.0 Å². The number of hydrogen-bond acceptors (Lipinski definition) is 6. The number of carbonyl (C=O) groups excluding carboxylic acids is 1. The van der Waals surface area contributed by atoms with Gasteiger partial charge in [0.1, 0.15) is 0 Å². The normalized spacial score (nSPS) is 11.5. The molecule has 0 aliphatic heterocycles. The van der Waals surface area contributed by atoms with E-state index in [0.29, 0.717) is 18.8 Å². The zero-order valence-corrected chi connectivity index (χ0v) is 14.5. The van der Waals surface area contributed by atoms with Crippen molar-refractivity contribution in [3.63, 3.8) is 0 Å². The maximum atomic E-state index is 12.6. The average Bonchev–Trinajstić information content (AvgIpc) is 2.53. The van der Waals surface area contributed by atoms with Crippen molar-refractivity contribution in [3.05, 3.63) is 23.8 Å². The van der Waals surface area contributed by atoms with E-state index in [1.54, 1.807) is 20.8 Å². The van der Waals surface area contributed by atoms with Crippen LogP contribution in [0.15, 0.2) is 23.1 Å². The first kappa shape index (κ1) is 19.4. The molecule has 0 amide bonds. The number of esters is 1. The highest BCUT2D eigenvalue weighted by Gasteiger charge is 2.24. The van der Waals surface area contributed by atoms with Crippen molar-refractivity contribution in [3.8, 4) is 0 Å². The van der Waals surface area contributed by atoms with Crippen molar-refractivity contribution < 1.29 is 23.1 Å². The molecular formula is C15H24N2O5S. The number of aliphatic hydroxyl groups excluding tert-OH is 1. The molecule has 8 heteroatoms. The van der Waals surface area contributed by atoms with Crippen LogP contribution in [0.4, 0.5) is 5.69 Å². The highest BCUT2D eigenvalue weighted by Crippen LogP contribution is 2.24. The van der Waals surface area contributed by atoms with Crippen LogP contribution in [0.3, 0.4) is 0 Å². The van der Waals surface area contributed by atoms with Gasteiger partial charge >= 0.3 is 5.97 Å². The van der Waals surface area contributed by atoms with Crippen LogP contribution in [0.1, 0.15) is 31.1 Å². The number of aliphatic hydroxyl groups is 1. The molecule has 0 aliphatic rings. The molecule has 0 aliphatic carbocycles. The van der Waals surface area contributed by atoms with Crippen molar-refractivity contribution >= 4 is 21.7 Å². The number of carbonyl (C=O) groups is 1. The Morgan fingerprint density at radius 2 is 1.91 bits per heavy atom. The molecule has 0 saturated heterocycles. The first-order chi connectivity index (χ1) is 10.9. The maximum Gasteiger partial charge on any atom is 0.340 e. The lowest BCUT2D eigenvalue weighted by Crippen LogP contribution is -2.30. The van der Waals surface area contributed by atoms with E-state index >= 15 is 0 Å². The van der Waals surface area contributed by atoms with Crippen LogP contribution in [0.25, 0.3) is 0 Å². The Hall–Kier alpha value is -1.64. The Labute approximate surface area is 137 Å². The Kier molecular flexibility index (Phi) is 7.47. The zero-order chi connectivity index (χ0) is 17.5. The summed E-state index contributed by atoms with van der Waals surface area (Å²) in [5.41, 5.74) is 0.560. The minimum absolute atomic E-state index is 0.0406. The number of sulfonamides is 1. The Morgan fingerprint density at radius 3 is 2.43 bits per heavy atom. The molecule has 1 aromatic carbocycles. The van der Waals surface area contributed by atoms with Crippen molar-refractivity contribution in [2.75, 3.05) is 38.2 Å². The zero-order valence-electron chi connectivity index (χ0n) is 13.7. The lowest BCUT2D eigenvalue weighted by atomic mass is 10.2. The summed E-state index contributed by atoms with van der Waals surface area (Å²) < 4.78 is 31.4. The number of nitrogens with zero attached hydrogens (tertiary/aromatic N) is 1. The summed E-state index contributed by atoms with van der Waals surface area (Å²) in [4.78, 5) is 12.1. The van der Waals surface area contributed by atoms with Gasteiger partial charge in [-0.2, -0.15) is 4.31 Å². The predicted octanol–water partition coefficient (Wildman–Crippen LogP) is 1.30. The van der Waals surface area contributed by atoms with E-state index in [9.17, 15) is 13.2 Å². The van der Waals surface area contributed by atoms with Crippen LogP contribution < -0.4 is 5.32 Å². The molecule has 0 spiro atoms. The second-order valence-electron chi connectivity index (χ2n) is 4.67. The largest absolute Gasteiger partial charge is 0.462 e. The summed E-state index contributed by atoms with van der Waals surface area (Å²) in [5.74, 6) is -0.607. The first-order valence-corrected chi connectivity index (χ1v) is 9.02. The smallest absolute Gasteiger partial charge is 0.340 e. The topological polar surface area (TPSA) is 95.9 Å². The summed E-state index contributed by atoms with van der Waals surface area (Å²) in [6.45, 7) is 6.20. The predicted molar refractivity (Wildman–Crippen MR) is 88.1 cm³/mol. The van der Waals surface area contributed by atoms with E-state index in [4.69, 9.17) is 9.84 Å². The fraction of sp³-hybridized carbons (Fsp3) is 0.533. The van der Waals surface area contributed by atoms with Gasteiger partial charge in [0.25, 0.3) is 0 Å². The highest BCUT2D eigenvalue weighted by atomic mass is 32.2. The third kappa shape index (κ3) is 4.66. The SMILES string of the molecule is CCOC(=O)c1cc(S(=O)(=O)N(CC)CC)ccc1NCCO. The van der Waals surface area contributed by atoms with Gasteiger partial charge < -0.3 is 15.2 Å². The van der Waals surface area contributed by atoms with Gasteiger partial charge in [0.15, 0.2) is 0 Å². The lowest BCUT2D eigenvalue weighted by molar-refractivity contribution is 0.0527. The molecule has 0 bridgehead atoms. The van der Waals surface area contributed by atoms with Crippen LogP contribution in [0.5, 0.6) is 0 Å². The van der Waals surface area contributed by atoms with E-state index < -0.39 is 16.0 Å². The fourth-order valence-electron chi connectivity index (χ4n) is 2.12. The second kappa shape index (κ2) is 8.85. The van der Waals surface area contributed by atoms with Crippen LogP contribution >= 0.6 is 0 Å². The van der Waals surface area contributed by atoms with E-state index in [1.165, 1.54) is 22.5 Å². The number of anilines is 1. The molecule has 0 heterocycles. The molecule has 0 saturated carbocycles. The number of nitrogens with one attached hydrogen (secondary N) is 1. The molecule has 7 nitrogen and oxygen atoms in total. The summed E-state index contributed by atoms with van der Waals surface area (Å²) in [6, 6.07) is 4.26. The molecule has 23 heavy (non-hydrogen) atoms. The molecule has 0 aromatic heterocycles. The lowest BCUT2D eigenvalue weighted by Gasteiger charge is -2.19. The van der Waals surface area contributed by atoms with Gasteiger partial charge in [-0.15, -0.1) is 0 Å². The molecule has 1 aromatic rings. The van der Waals surface area contributed by atoms with Crippen LogP contribution in [0.2, 0.25) is 0 Å². The van der Waals surface area contributed by atoms with E-state index in [0.717, 1.165) is 0 Å². The van der Waals surface area contributed by atoms with Crippen molar-refractivity contribution in [1.82, 2.24) is 4.31 Å². The standard InChI is InChI=1S/C15H24N2O5S/c1-4-17(5-2)23(20,21)12-7-8-14(16-9-10-18)13(11-12)15(19)22-6-3/h7-8,11,16,18H,4-6,9-10H2,1-3H3. The van der Waals surface area contributed by atoms with Gasteiger partial charge in [-0.3, -0.25) is 0 Å². The fourth-order valence-corrected chi connectivity index (χ4v) is 3.60. The van der Waals surface area contributed by atoms with Crippen molar-refractivity contribution in [2.45, 2.75) is 25.7 Å². The average molecular weight is 344 g/mol. The molecule has 0 atom stereocenters. The molecule has 0 fully saturated rings. The number of benzene rings is 1. The van der Waals surface area contributed by atoms with Gasteiger partial charge in [-0.25, -0.2) is 13.2 Å². The molecular weight excluding hydrogens is 320 g/mol.